The Hall–Kier alpha value is -1.08. The van der Waals surface area contributed by atoms with Crippen molar-refractivity contribution in [1.29, 1.82) is 0 Å². The molecule has 104 valence electrons. The maximum Gasteiger partial charge on any atom is 0.255 e. The molecule has 3 nitrogen and oxygen atoms in total. The van der Waals surface area contributed by atoms with Crippen molar-refractivity contribution in [3.05, 3.63) is 55.6 Å². The standard InChI is InChI=1S/C15H13BrINO2/c1-9-7-11(16)8-13(20-2)14(9)18-15(19)10-3-5-12(17)6-4-10/h3-8H,1-2H3,(H,18,19). The highest BCUT2D eigenvalue weighted by Crippen LogP contribution is 2.32. The van der Waals surface area contributed by atoms with Gasteiger partial charge in [0.05, 0.1) is 12.8 Å². The zero-order chi connectivity index (χ0) is 14.7. The van der Waals surface area contributed by atoms with E-state index < -0.39 is 0 Å². The summed E-state index contributed by atoms with van der Waals surface area (Å²) in [7, 11) is 1.59. The minimum Gasteiger partial charge on any atom is -0.495 e. The van der Waals surface area contributed by atoms with Crippen molar-refractivity contribution in [2.75, 3.05) is 12.4 Å². The van der Waals surface area contributed by atoms with E-state index in [-0.39, 0.29) is 5.91 Å². The highest BCUT2D eigenvalue weighted by Gasteiger charge is 2.13. The number of anilines is 1. The van der Waals surface area contributed by atoms with Crippen LogP contribution < -0.4 is 10.1 Å². The van der Waals surface area contributed by atoms with Crippen molar-refractivity contribution in [3.8, 4) is 5.75 Å². The molecule has 0 aliphatic carbocycles. The van der Waals surface area contributed by atoms with Gasteiger partial charge in [-0.25, -0.2) is 0 Å². The summed E-state index contributed by atoms with van der Waals surface area (Å²) in [6, 6.07) is 11.2. The molecule has 1 amide bonds. The van der Waals surface area contributed by atoms with Gasteiger partial charge < -0.3 is 10.1 Å². The van der Waals surface area contributed by atoms with Crippen molar-refractivity contribution in [2.24, 2.45) is 0 Å². The average molecular weight is 446 g/mol. The largest absolute Gasteiger partial charge is 0.495 e. The fourth-order valence-electron chi connectivity index (χ4n) is 1.82. The Morgan fingerprint density at radius 3 is 2.50 bits per heavy atom. The van der Waals surface area contributed by atoms with Gasteiger partial charge in [-0.1, -0.05) is 15.9 Å². The number of halogens is 2. The number of carbonyl (C=O) groups excluding carboxylic acids is 1. The van der Waals surface area contributed by atoms with E-state index in [9.17, 15) is 4.79 Å². The molecule has 2 aromatic carbocycles. The van der Waals surface area contributed by atoms with Gasteiger partial charge in [0.1, 0.15) is 5.75 Å². The lowest BCUT2D eigenvalue weighted by Gasteiger charge is -2.13. The van der Waals surface area contributed by atoms with Crippen molar-refractivity contribution in [3.63, 3.8) is 0 Å². The molecule has 20 heavy (non-hydrogen) atoms. The highest BCUT2D eigenvalue weighted by molar-refractivity contribution is 14.1. The number of benzene rings is 2. The molecule has 0 heterocycles. The molecule has 0 atom stereocenters. The second-order valence-electron chi connectivity index (χ2n) is 4.26. The van der Waals surface area contributed by atoms with E-state index in [4.69, 9.17) is 4.74 Å². The van der Waals surface area contributed by atoms with E-state index in [1.807, 2.05) is 31.2 Å². The average Bonchev–Trinajstić information content (AvgIpc) is 2.42. The van der Waals surface area contributed by atoms with Gasteiger partial charge in [-0.3, -0.25) is 4.79 Å². The summed E-state index contributed by atoms with van der Waals surface area (Å²) < 4.78 is 7.33. The number of ether oxygens (including phenoxy) is 1. The van der Waals surface area contributed by atoms with E-state index in [0.29, 0.717) is 17.0 Å². The Kier molecular flexibility index (Phi) is 5.04. The molecule has 2 rings (SSSR count). The molecule has 5 heteroatoms. The first-order valence-corrected chi connectivity index (χ1v) is 7.79. The third-order valence-electron chi connectivity index (χ3n) is 2.83. The van der Waals surface area contributed by atoms with E-state index in [2.05, 4.69) is 43.8 Å². The summed E-state index contributed by atoms with van der Waals surface area (Å²) >= 11 is 5.62. The van der Waals surface area contributed by atoms with E-state index in [1.165, 1.54) is 0 Å². The lowest BCUT2D eigenvalue weighted by Crippen LogP contribution is -2.13. The topological polar surface area (TPSA) is 38.3 Å². The summed E-state index contributed by atoms with van der Waals surface area (Å²) in [5, 5.41) is 2.91. The van der Waals surface area contributed by atoms with Gasteiger partial charge in [-0.05, 0) is 71.5 Å². The fourth-order valence-corrected chi connectivity index (χ4v) is 2.73. The van der Waals surface area contributed by atoms with E-state index in [1.54, 1.807) is 19.2 Å². The summed E-state index contributed by atoms with van der Waals surface area (Å²) in [5.74, 6) is 0.487. The van der Waals surface area contributed by atoms with Crippen molar-refractivity contribution >= 4 is 50.1 Å². The number of amides is 1. The van der Waals surface area contributed by atoms with Crippen LogP contribution in [0, 0.1) is 10.5 Å². The first-order valence-electron chi connectivity index (χ1n) is 5.92. The number of hydrogen-bond acceptors (Lipinski definition) is 2. The third kappa shape index (κ3) is 3.52. The lowest BCUT2D eigenvalue weighted by atomic mass is 10.1. The van der Waals surface area contributed by atoms with Crippen molar-refractivity contribution in [1.82, 2.24) is 0 Å². The fraction of sp³-hybridized carbons (Fsp3) is 0.133. The quantitative estimate of drug-likeness (QED) is 0.700. The van der Waals surface area contributed by atoms with Crippen LogP contribution in [-0.4, -0.2) is 13.0 Å². The Morgan fingerprint density at radius 1 is 1.25 bits per heavy atom. The molecule has 0 saturated carbocycles. The monoisotopic (exact) mass is 445 g/mol. The molecule has 0 radical (unpaired) electrons. The molecule has 0 bridgehead atoms. The molecule has 0 unspecified atom stereocenters. The Labute approximate surface area is 140 Å². The Bertz CT molecular complexity index is 641. The van der Waals surface area contributed by atoms with Crippen LogP contribution in [0.15, 0.2) is 40.9 Å². The number of nitrogens with one attached hydrogen (secondary N) is 1. The zero-order valence-electron chi connectivity index (χ0n) is 11.0. The SMILES string of the molecule is COc1cc(Br)cc(C)c1NC(=O)c1ccc(I)cc1. The minimum atomic E-state index is -0.148. The zero-order valence-corrected chi connectivity index (χ0v) is 14.8. The molecule has 1 N–H and O–H groups in total. The first kappa shape index (κ1) is 15.3. The molecule has 0 saturated heterocycles. The first-order chi connectivity index (χ1) is 9.51. The van der Waals surface area contributed by atoms with Gasteiger partial charge in [0.15, 0.2) is 0 Å². The van der Waals surface area contributed by atoms with Gasteiger partial charge in [0.25, 0.3) is 5.91 Å². The lowest BCUT2D eigenvalue weighted by molar-refractivity contribution is 0.102. The minimum absolute atomic E-state index is 0.148. The molecule has 2 aromatic rings. The van der Waals surface area contributed by atoms with Gasteiger partial charge in [0, 0.05) is 13.6 Å². The Morgan fingerprint density at radius 2 is 1.90 bits per heavy atom. The van der Waals surface area contributed by atoms with Crippen LogP contribution in [0.25, 0.3) is 0 Å². The number of aryl methyl sites for hydroxylation is 1. The molecule has 0 spiro atoms. The molecular formula is C15H13BrINO2. The number of methoxy groups -OCH3 is 1. The van der Waals surface area contributed by atoms with Crippen LogP contribution in [-0.2, 0) is 0 Å². The maximum atomic E-state index is 12.2. The van der Waals surface area contributed by atoms with Crippen LogP contribution in [0.5, 0.6) is 5.75 Å². The number of hydrogen-bond donors (Lipinski definition) is 1. The highest BCUT2D eigenvalue weighted by atomic mass is 127. The van der Waals surface area contributed by atoms with Crippen molar-refractivity contribution < 1.29 is 9.53 Å². The van der Waals surface area contributed by atoms with Crippen molar-refractivity contribution in [2.45, 2.75) is 6.92 Å². The summed E-state index contributed by atoms with van der Waals surface area (Å²) in [6.45, 7) is 1.93. The summed E-state index contributed by atoms with van der Waals surface area (Å²) in [5.41, 5.74) is 2.25. The third-order valence-corrected chi connectivity index (χ3v) is 4.01. The van der Waals surface area contributed by atoms with Gasteiger partial charge >= 0.3 is 0 Å². The maximum absolute atomic E-state index is 12.2. The van der Waals surface area contributed by atoms with Crippen LogP contribution >= 0.6 is 38.5 Å². The second-order valence-corrected chi connectivity index (χ2v) is 6.42. The second kappa shape index (κ2) is 6.58. The predicted octanol–water partition coefficient (Wildman–Crippen LogP) is 4.62. The van der Waals surface area contributed by atoms with Gasteiger partial charge in [-0.15, -0.1) is 0 Å². The summed E-state index contributed by atoms with van der Waals surface area (Å²) in [6.07, 6.45) is 0. The number of rotatable bonds is 3. The molecule has 0 fully saturated rings. The van der Waals surface area contributed by atoms with E-state index in [0.717, 1.165) is 13.6 Å². The smallest absolute Gasteiger partial charge is 0.255 e. The molecule has 0 aromatic heterocycles. The van der Waals surface area contributed by atoms with E-state index >= 15 is 0 Å². The number of carbonyl (C=O) groups is 1. The predicted molar refractivity (Wildman–Crippen MR) is 92.5 cm³/mol. The van der Waals surface area contributed by atoms with Crippen LogP contribution in [0.3, 0.4) is 0 Å². The molecule has 0 aliphatic heterocycles. The van der Waals surface area contributed by atoms with Crippen LogP contribution in [0.4, 0.5) is 5.69 Å². The van der Waals surface area contributed by atoms with Gasteiger partial charge in [0.2, 0.25) is 0 Å². The molecular weight excluding hydrogens is 433 g/mol. The molecule has 0 aliphatic rings. The van der Waals surface area contributed by atoms with Gasteiger partial charge in [-0.2, -0.15) is 0 Å². The normalized spacial score (nSPS) is 10.2. The van der Waals surface area contributed by atoms with Crippen LogP contribution in [0.1, 0.15) is 15.9 Å². The Balaban J connectivity index is 2.30. The summed E-state index contributed by atoms with van der Waals surface area (Å²) in [4.78, 5) is 12.2. The van der Waals surface area contributed by atoms with Crippen LogP contribution in [0.2, 0.25) is 0 Å².